The fourth-order valence-electron chi connectivity index (χ4n) is 2.09. The van der Waals surface area contributed by atoms with E-state index in [2.05, 4.69) is 6.92 Å². The van der Waals surface area contributed by atoms with Crippen molar-refractivity contribution in [2.24, 2.45) is 5.92 Å². The predicted octanol–water partition coefficient (Wildman–Crippen LogP) is 3.04. The Morgan fingerprint density at radius 1 is 1.40 bits per heavy atom. The Hall–Kier alpha value is -0.730. The Labute approximate surface area is 92.8 Å². The molecule has 88 valence electrons. The first kappa shape index (κ1) is 12.3. The highest BCUT2D eigenvalue weighted by Crippen LogP contribution is 2.22. The van der Waals surface area contributed by atoms with E-state index in [0.717, 1.165) is 31.8 Å². The van der Waals surface area contributed by atoms with Crippen LogP contribution in [-0.2, 0) is 4.74 Å². The largest absolute Gasteiger partial charge is 0.447 e. The average Bonchev–Trinajstić information content (AvgIpc) is 2.18. The van der Waals surface area contributed by atoms with E-state index in [4.69, 9.17) is 4.74 Å². The van der Waals surface area contributed by atoms with Crippen molar-refractivity contribution in [3.05, 3.63) is 0 Å². The van der Waals surface area contributed by atoms with E-state index in [0.29, 0.717) is 0 Å². The van der Waals surface area contributed by atoms with E-state index in [1.165, 1.54) is 12.8 Å². The van der Waals surface area contributed by atoms with Gasteiger partial charge in [-0.3, -0.25) is 0 Å². The van der Waals surface area contributed by atoms with Crippen LogP contribution in [0.3, 0.4) is 0 Å². The second kappa shape index (κ2) is 5.99. The Balaban J connectivity index is 2.27. The number of nitrogens with zero attached hydrogens (tertiary/aromatic N) is 1. The Morgan fingerprint density at radius 3 is 2.47 bits per heavy atom. The van der Waals surface area contributed by atoms with Gasteiger partial charge in [0.1, 0.15) is 0 Å². The first-order chi connectivity index (χ1) is 7.13. The molecule has 0 saturated carbocycles. The Morgan fingerprint density at radius 2 is 2.00 bits per heavy atom. The third-order valence-electron chi connectivity index (χ3n) is 2.91. The van der Waals surface area contributed by atoms with Crippen molar-refractivity contribution in [2.75, 3.05) is 13.1 Å². The topological polar surface area (TPSA) is 29.5 Å². The van der Waals surface area contributed by atoms with E-state index in [1.807, 2.05) is 18.7 Å². The lowest BCUT2D eigenvalue weighted by Crippen LogP contribution is -2.39. The summed E-state index contributed by atoms with van der Waals surface area (Å²) in [7, 11) is 0. The number of hydrogen-bond acceptors (Lipinski definition) is 2. The lowest BCUT2D eigenvalue weighted by Gasteiger charge is -2.31. The van der Waals surface area contributed by atoms with E-state index in [9.17, 15) is 4.79 Å². The van der Waals surface area contributed by atoms with Crippen LogP contribution in [0.15, 0.2) is 0 Å². The maximum atomic E-state index is 11.6. The van der Waals surface area contributed by atoms with Gasteiger partial charge >= 0.3 is 6.09 Å². The Bertz CT molecular complexity index is 196. The monoisotopic (exact) mass is 213 g/mol. The lowest BCUT2D eigenvalue weighted by molar-refractivity contribution is 0.0647. The molecule has 0 bridgehead atoms. The van der Waals surface area contributed by atoms with Crippen molar-refractivity contribution in [2.45, 2.75) is 52.6 Å². The minimum Gasteiger partial charge on any atom is -0.447 e. The van der Waals surface area contributed by atoms with Crippen molar-refractivity contribution in [3.8, 4) is 0 Å². The highest BCUT2D eigenvalue weighted by molar-refractivity contribution is 5.67. The van der Waals surface area contributed by atoms with Gasteiger partial charge in [-0.15, -0.1) is 0 Å². The number of rotatable bonds is 3. The number of piperidine rings is 1. The summed E-state index contributed by atoms with van der Waals surface area (Å²) in [6, 6.07) is 0. The molecule has 0 aromatic rings. The molecule has 15 heavy (non-hydrogen) atoms. The minimum atomic E-state index is -0.139. The summed E-state index contributed by atoms with van der Waals surface area (Å²) in [6.07, 6.45) is 4.68. The molecule has 1 aliphatic heterocycles. The molecule has 0 unspecified atom stereocenters. The van der Waals surface area contributed by atoms with Crippen LogP contribution < -0.4 is 0 Å². The molecule has 1 saturated heterocycles. The molecule has 1 aliphatic rings. The van der Waals surface area contributed by atoms with Gasteiger partial charge < -0.3 is 9.64 Å². The van der Waals surface area contributed by atoms with Crippen LogP contribution in [0, 0.1) is 5.92 Å². The van der Waals surface area contributed by atoms with Gasteiger partial charge in [0, 0.05) is 13.1 Å². The zero-order valence-electron chi connectivity index (χ0n) is 10.2. The van der Waals surface area contributed by atoms with Crippen LogP contribution >= 0.6 is 0 Å². The van der Waals surface area contributed by atoms with E-state index < -0.39 is 0 Å². The number of carbonyl (C=O) groups excluding carboxylic acids is 1. The molecule has 1 rings (SSSR count). The van der Waals surface area contributed by atoms with Crippen LogP contribution in [0.1, 0.15) is 46.5 Å². The Kier molecular flexibility index (Phi) is 4.92. The molecule has 3 heteroatoms. The molecule has 0 spiro atoms. The van der Waals surface area contributed by atoms with Crippen molar-refractivity contribution >= 4 is 6.09 Å². The van der Waals surface area contributed by atoms with Crippen molar-refractivity contribution in [3.63, 3.8) is 0 Å². The molecule has 1 heterocycles. The van der Waals surface area contributed by atoms with Crippen LogP contribution in [0.25, 0.3) is 0 Å². The van der Waals surface area contributed by atoms with E-state index in [-0.39, 0.29) is 12.2 Å². The van der Waals surface area contributed by atoms with Gasteiger partial charge in [0.05, 0.1) is 6.10 Å². The number of ether oxygens (including phenoxy) is 1. The van der Waals surface area contributed by atoms with Crippen LogP contribution in [0.2, 0.25) is 0 Å². The quantitative estimate of drug-likeness (QED) is 0.721. The normalized spacial score (nSPS) is 18.3. The summed E-state index contributed by atoms with van der Waals surface area (Å²) in [5.74, 6) is 0.818. The minimum absolute atomic E-state index is 0.00846. The highest BCUT2D eigenvalue weighted by atomic mass is 16.6. The number of hydrogen-bond donors (Lipinski definition) is 0. The van der Waals surface area contributed by atoms with Gasteiger partial charge in [-0.2, -0.15) is 0 Å². The van der Waals surface area contributed by atoms with Gasteiger partial charge in [0.2, 0.25) is 0 Å². The molecule has 3 nitrogen and oxygen atoms in total. The second-order valence-electron chi connectivity index (χ2n) is 4.65. The molecule has 0 N–H and O–H groups in total. The third-order valence-corrected chi connectivity index (χ3v) is 2.91. The first-order valence-corrected chi connectivity index (χ1v) is 6.09. The van der Waals surface area contributed by atoms with E-state index in [1.54, 1.807) is 0 Å². The molecule has 0 aromatic carbocycles. The summed E-state index contributed by atoms with van der Waals surface area (Å²) in [5.41, 5.74) is 0. The lowest BCUT2D eigenvalue weighted by atomic mass is 9.93. The molecule has 0 atom stereocenters. The van der Waals surface area contributed by atoms with Crippen molar-refractivity contribution < 1.29 is 9.53 Å². The molecule has 0 aromatic heterocycles. The van der Waals surface area contributed by atoms with Crippen molar-refractivity contribution in [1.82, 2.24) is 4.90 Å². The van der Waals surface area contributed by atoms with Crippen LogP contribution in [0.4, 0.5) is 4.79 Å². The smallest absolute Gasteiger partial charge is 0.410 e. The summed E-state index contributed by atoms with van der Waals surface area (Å²) >= 11 is 0. The highest BCUT2D eigenvalue weighted by Gasteiger charge is 2.23. The summed E-state index contributed by atoms with van der Waals surface area (Å²) < 4.78 is 5.17. The maximum Gasteiger partial charge on any atom is 0.410 e. The molecule has 0 aliphatic carbocycles. The standard InChI is InChI=1S/C12H23NO2/c1-4-5-11-6-8-13(9-7-11)12(14)15-10(2)3/h10-11H,4-9H2,1-3H3. The number of amides is 1. The van der Waals surface area contributed by atoms with Gasteiger partial charge in [-0.05, 0) is 32.6 Å². The summed E-state index contributed by atoms with van der Waals surface area (Å²) in [5, 5.41) is 0. The fraction of sp³-hybridized carbons (Fsp3) is 0.917. The SMILES string of the molecule is CCCC1CCN(C(=O)OC(C)C)CC1. The molecular formula is C12H23NO2. The average molecular weight is 213 g/mol. The first-order valence-electron chi connectivity index (χ1n) is 6.09. The zero-order chi connectivity index (χ0) is 11.3. The maximum absolute atomic E-state index is 11.6. The van der Waals surface area contributed by atoms with Crippen molar-refractivity contribution in [1.29, 1.82) is 0 Å². The third kappa shape index (κ3) is 4.10. The molecule has 1 fully saturated rings. The van der Waals surface area contributed by atoms with E-state index >= 15 is 0 Å². The predicted molar refractivity (Wildman–Crippen MR) is 60.8 cm³/mol. The van der Waals surface area contributed by atoms with Crippen LogP contribution in [0.5, 0.6) is 0 Å². The summed E-state index contributed by atoms with van der Waals surface area (Å²) in [4.78, 5) is 13.4. The number of likely N-dealkylation sites (tertiary alicyclic amines) is 1. The fourth-order valence-corrected chi connectivity index (χ4v) is 2.09. The number of carbonyl (C=O) groups is 1. The van der Waals surface area contributed by atoms with Gasteiger partial charge in [-0.1, -0.05) is 19.8 Å². The van der Waals surface area contributed by atoms with Gasteiger partial charge in [-0.25, -0.2) is 4.79 Å². The van der Waals surface area contributed by atoms with Crippen LogP contribution in [-0.4, -0.2) is 30.2 Å². The summed E-state index contributed by atoms with van der Waals surface area (Å²) in [6.45, 7) is 7.75. The molecule has 0 radical (unpaired) electrons. The second-order valence-corrected chi connectivity index (χ2v) is 4.65. The zero-order valence-corrected chi connectivity index (χ0v) is 10.2. The van der Waals surface area contributed by atoms with Gasteiger partial charge in [0.25, 0.3) is 0 Å². The molecule has 1 amide bonds. The molecular weight excluding hydrogens is 190 g/mol. The van der Waals surface area contributed by atoms with Gasteiger partial charge in [0.15, 0.2) is 0 Å².